The lowest BCUT2D eigenvalue weighted by Crippen LogP contribution is -2.39. The van der Waals surface area contributed by atoms with Crippen molar-refractivity contribution in [2.75, 3.05) is 27.2 Å². The average Bonchev–Trinajstić information content (AvgIpc) is 3.19. The van der Waals surface area contributed by atoms with E-state index in [9.17, 15) is 19.2 Å². The monoisotopic (exact) mass is 374 g/mol. The topological polar surface area (TPSA) is 92.8 Å². The molecule has 0 fully saturated rings. The summed E-state index contributed by atoms with van der Waals surface area (Å²) in [5, 5.41) is 4.17. The highest BCUT2D eigenvalue weighted by Gasteiger charge is 2.21. The maximum Gasteiger partial charge on any atom is 0.339 e. The fourth-order valence-electron chi connectivity index (χ4n) is 2.10. The number of thiophene rings is 1. The Balaban J connectivity index is 2.05. The summed E-state index contributed by atoms with van der Waals surface area (Å²) in [6.45, 7) is -0.659. The summed E-state index contributed by atoms with van der Waals surface area (Å²) in [5.74, 6) is -1.91. The first-order chi connectivity index (χ1) is 12.4. The maximum absolute atomic E-state index is 12.5. The number of amides is 2. The van der Waals surface area contributed by atoms with Gasteiger partial charge in [0.15, 0.2) is 6.61 Å². The van der Waals surface area contributed by atoms with E-state index in [0.717, 1.165) is 4.90 Å². The molecule has 7 nitrogen and oxygen atoms in total. The molecule has 8 heteroatoms. The number of nitrogens with one attached hydrogen (secondary N) is 1. The van der Waals surface area contributed by atoms with Crippen LogP contribution in [0.25, 0.3) is 0 Å². The summed E-state index contributed by atoms with van der Waals surface area (Å²) in [4.78, 5) is 49.7. The van der Waals surface area contributed by atoms with Crippen LogP contribution in [0.15, 0.2) is 41.8 Å². The first kappa shape index (κ1) is 19.3. The highest BCUT2D eigenvalue weighted by Crippen LogP contribution is 2.19. The van der Waals surface area contributed by atoms with Crippen molar-refractivity contribution in [3.8, 4) is 0 Å². The van der Waals surface area contributed by atoms with E-state index in [1.54, 1.807) is 29.6 Å². The van der Waals surface area contributed by atoms with Gasteiger partial charge < -0.3 is 15.0 Å². The minimum atomic E-state index is -0.771. The third-order valence-corrected chi connectivity index (χ3v) is 4.42. The van der Waals surface area contributed by atoms with Crippen LogP contribution < -0.4 is 5.32 Å². The van der Waals surface area contributed by atoms with Crippen LogP contribution >= 0.6 is 11.3 Å². The normalized spacial score (nSPS) is 10.1. The second kappa shape index (κ2) is 8.91. The van der Waals surface area contributed by atoms with Crippen molar-refractivity contribution in [1.82, 2.24) is 10.2 Å². The van der Waals surface area contributed by atoms with E-state index < -0.39 is 18.5 Å². The highest BCUT2D eigenvalue weighted by molar-refractivity contribution is 7.12. The van der Waals surface area contributed by atoms with Crippen LogP contribution in [0.1, 0.15) is 25.6 Å². The molecule has 0 aliphatic heterocycles. The summed E-state index contributed by atoms with van der Waals surface area (Å²) in [6.07, 6.45) is 0. The highest BCUT2D eigenvalue weighted by atomic mass is 32.1. The standard InChI is InChI=1S/C18H18N2O5S/c1-19-15(21)10-20(2)16(22)11-25-18(24)13-7-4-3-6-12(13)17(23)14-8-5-9-26-14/h3-9H,10-11H2,1-2H3,(H,19,21). The van der Waals surface area contributed by atoms with Crippen LogP contribution in [-0.4, -0.2) is 55.7 Å². The molecule has 1 aromatic heterocycles. The van der Waals surface area contributed by atoms with Gasteiger partial charge >= 0.3 is 5.97 Å². The molecule has 0 atom stereocenters. The molecule has 0 saturated carbocycles. The lowest BCUT2D eigenvalue weighted by molar-refractivity contribution is -0.137. The second-order valence-corrected chi connectivity index (χ2v) is 6.30. The van der Waals surface area contributed by atoms with Crippen LogP contribution in [0.4, 0.5) is 0 Å². The Labute approximate surface area is 154 Å². The number of hydrogen-bond donors (Lipinski definition) is 1. The van der Waals surface area contributed by atoms with Gasteiger partial charge in [-0.15, -0.1) is 11.3 Å². The van der Waals surface area contributed by atoms with E-state index in [2.05, 4.69) is 5.32 Å². The van der Waals surface area contributed by atoms with Gasteiger partial charge in [-0.05, 0) is 17.5 Å². The fourth-order valence-corrected chi connectivity index (χ4v) is 2.78. The summed E-state index contributed by atoms with van der Waals surface area (Å²) in [7, 11) is 2.89. The first-order valence-corrected chi connectivity index (χ1v) is 8.61. The van der Waals surface area contributed by atoms with Gasteiger partial charge in [0.2, 0.25) is 11.7 Å². The summed E-state index contributed by atoms with van der Waals surface area (Å²) >= 11 is 1.28. The van der Waals surface area contributed by atoms with Crippen molar-refractivity contribution < 1.29 is 23.9 Å². The number of ketones is 1. The molecule has 0 aliphatic carbocycles. The Morgan fingerprint density at radius 2 is 1.77 bits per heavy atom. The van der Waals surface area contributed by atoms with Gasteiger partial charge in [0.1, 0.15) is 0 Å². The van der Waals surface area contributed by atoms with E-state index in [0.29, 0.717) is 4.88 Å². The number of ether oxygens (including phenoxy) is 1. The fraction of sp³-hybridized carbons (Fsp3) is 0.222. The predicted molar refractivity (Wildman–Crippen MR) is 96.2 cm³/mol. The van der Waals surface area contributed by atoms with Gasteiger partial charge in [-0.25, -0.2) is 4.79 Å². The molecule has 0 spiro atoms. The number of esters is 1. The molecule has 0 radical (unpaired) electrons. The van der Waals surface area contributed by atoms with Crippen molar-refractivity contribution in [3.63, 3.8) is 0 Å². The smallest absolute Gasteiger partial charge is 0.339 e. The van der Waals surface area contributed by atoms with Crippen molar-refractivity contribution in [3.05, 3.63) is 57.8 Å². The number of benzene rings is 1. The molecule has 0 saturated heterocycles. The molecule has 1 aromatic carbocycles. The zero-order valence-corrected chi connectivity index (χ0v) is 15.2. The van der Waals surface area contributed by atoms with E-state index in [1.807, 2.05) is 0 Å². The van der Waals surface area contributed by atoms with Crippen LogP contribution in [0.5, 0.6) is 0 Å². The molecule has 2 rings (SSSR count). The molecule has 2 aromatic rings. The molecular formula is C18H18N2O5S. The Morgan fingerprint density at radius 3 is 2.38 bits per heavy atom. The Hall–Kier alpha value is -3.00. The van der Waals surface area contributed by atoms with Crippen molar-refractivity contribution in [2.45, 2.75) is 0 Å². The summed E-state index contributed by atoms with van der Waals surface area (Å²) in [6, 6.07) is 9.70. The van der Waals surface area contributed by atoms with Crippen LogP contribution in [0.2, 0.25) is 0 Å². The number of nitrogens with zero attached hydrogens (tertiary/aromatic N) is 1. The number of carbonyl (C=O) groups is 4. The zero-order chi connectivity index (χ0) is 19.1. The molecule has 136 valence electrons. The van der Waals surface area contributed by atoms with Crippen molar-refractivity contribution in [1.29, 1.82) is 0 Å². The number of likely N-dealkylation sites (N-methyl/N-ethyl adjacent to an activating group) is 2. The zero-order valence-electron chi connectivity index (χ0n) is 14.4. The third-order valence-electron chi connectivity index (χ3n) is 3.55. The van der Waals surface area contributed by atoms with Gasteiger partial charge in [-0.2, -0.15) is 0 Å². The Kier molecular flexibility index (Phi) is 6.62. The van der Waals surface area contributed by atoms with Crippen LogP contribution in [0, 0.1) is 0 Å². The quantitative estimate of drug-likeness (QED) is 0.583. The van der Waals surface area contributed by atoms with Crippen LogP contribution in [-0.2, 0) is 14.3 Å². The largest absolute Gasteiger partial charge is 0.452 e. The molecule has 2 amide bonds. The van der Waals surface area contributed by atoms with Gasteiger partial charge in [0.25, 0.3) is 5.91 Å². The number of hydrogen-bond acceptors (Lipinski definition) is 6. The van der Waals surface area contributed by atoms with Gasteiger partial charge in [0.05, 0.1) is 17.0 Å². The van der Waals surface area contributed by atoms with Gasteiger partial charge in [-0.3, -0.25) is 14.4 Å². The molecule has 0 aliphatic rings. The molecule has 1 N–H and O–H groups in total. The van der Waals surface area contributed by atoms with E-state index in [4.69, 9.17) is 4.74 Å². The molecule has 0 unspecified atom stereocenters. The van der Waals surface area contributed by atoms with Gasteiger partial charge in [-0.1, -0.05) is 24.3 Å². The number of carbonyl (C=O) groups excluding carboxylic acids is 4. The molecule has 26 heavy (non-hydrogen) atoms. The average molecular weight is 374 g/mol. The van der Waals surface area contributed by atoms with E-state index in [-0.39, 0.29) is 29.4 Å². The minimum Gasteiger partial charge on any atom is -0.452 e. The van der Waals surface area contributed by atoms with Gasteiger partial charge in [0, 0.05) is 19.7 Å². The summed E-state index contributed by atoms with van der Waals surface area (Å²) in [5.41, 5.74) is 0.304. The Morgan fingerprint density at radius 1 is 1.08 bits per heavy atom. The SMILES string of the molecule is CNC(=O)CN(C)C(=O)COC(=O)c1ccccc1C(=O)c1cccs1. The van der Waals surface area contributed by atoms with Crippen molar-refractivity contribution >= 4 is 34.9 Å². The maximum atomic E-state index is 12.5. The van der Waals surface area contributed by atoms with E-state index in [1.165, 1.54) is 37.6 Å². The van der Waals surface area contributed by atoms with Crippen LogP contribution in [0.3, 0.4) is 0 Å². The first-order valence-electron chi connectivity index (χ1n) is 7.73. The minimum absolute atomic E-state index is 0.0904. The predicted octanol–water partition coefficient (Wildman–Crippen LogP) is 1.34. The third kappa shape index (κ3) is 4.76. The van der Waals surface area contributed by atoms with Crippen molar-refractivity contribution in [2.24, 2.45) is 0 Å². The molecular weight excluding hydrogens is 356 g/mol. The lowest BCUT2D eigenvalue weighted by Gasteiger charge is -2.16. The second-order valence-electron chi connectivity index (χ2n) is 5.35. The lowest BCUT2D eigenvalue weighted by atomic mass is 10.0. The number of rotatable bonds is 7. The summed E-state index contributed by atoms with van der Waals surface area (Å²) < 4.78 is 5.02. The Bertz CT molecular complexity index is 817. The molecule has 0 bridgehead atoms. The van der Waals surface area contributed by atoms with E-state index >= 15 is 0 Å². The molecule has 1 heterocycles.